The molecule has 98 valence electrons. The summed E-state index contributed by atoms with van der Waals surface area (Å²) in [5.74, 6) is 0. The lowest BCUT2D eigenvalue weighted by Gasteiger charge is -2.08. The van der Waals surface area contributed by atoms with Crippen molar-refractivity contribution in [2.24, 2.45) is 0 Å². The third-order valence-electron chi connectivity index (χ3n) is 4.49. The number of rotatable bonds is 0. The van der Waals surface area contributed by atoms with Crippen LogP contribution >= 0.6 is 0 Å². The Hall–Kier alpha value is -2.67. The third-order valence-corrected chi connectivity index (χ3v) is 4.49. The number of aryl methyl sites for hydroxylation is 1. The monoisotopic (exact) mass is 267 g/mol. The van der Waals surface area contributed by atoms with E-state index in [1.165, 1.54) is 43.8 Å². The molecule has 21 heavy (non-hydrogen) atoms. The zero-order valence-corrected chi connectivity index (χ0v) is 11.7. The van der Waals surface area contributed by atoms with Crippen molar-refractivity contribution in [1.82, 2.24) is 4.98 Å². The van der Waals surface area contributed by atoms with E-state index in [1.54, 1.807) is 0 Å². The fourth-order valence-corrected chi connectivity index (χ4v) is 3.61. The molecule has 0 atom stereocenters. The Bertz CT molecular complexity index is 1040. The summed E-state index contributed by atoms with van der Waals surface area (Å²) in [5, 5.41) is 5.22. The minimum absolute atomic E-state index is 1.07. The summed E-state index contributed by atoms with van der Waals surface area (Å²) >= 11 is 0. The summed E-state index contributed by atoms with van der Waals surface area (Å²) < 4.78 is 0. The second kappa shape index (κ2) is 3.70. The highest BCUT2D eigenvalue weighted by molar-refractivity contribution is 6.23. The lowest BCUT2D eigenvalue weighted by atomic mass is 9.96. The number of pyridine rings is 1. The third kappa shape index (κ3) is 1.33. The van der Waals surface area contributed by atoms with Crippen molar-refractivity contribution in [3.63, 3.8) is 0 Å². The molecule has 1 heterocycles. The SMILES string of the molecule is Cc1cc2c3c4c(cccc4cc2cn1)-c1ccccc1-3. The van der Waals surface area contributed by atoms with E-state index in [0.29, 0.717) is 0 Å². The van der Waals surface area contributed by atoms with Gasteiger partial charge in [-0.2, -0.15) is 0 Å². The molecule has 3 aromatic carbocycles. The summed E-state index contributed by atoms with van der Waals surface area (Å²) in [7, 11) is 0. The second-order valence-electron chi connectivity index (χ2n) is 5.75. The molecule has 1 aromatic heterocycles. The van der Waals surface area contributed by atoms with E-state index in [2.05, 4.69) is 66.5 Å². The molecule has 0 saturated carbocycles. The first kappa shape index (κ1) is 11.0. The second-order valence-corrected chi connectivity index (χ2v) is 5.75. The number of nitrogens with zero attached hydrogens (tertiary/aromatic N) is 1. The molecular weight excluding hydrogens is 254 g/mol. The highest BCUT2D eigenvalue weighted by Crippen LogP contribution is 2.49. The molecule has 0 aliphatic heterocycles. The Morgan fingerprint density at radius 2 is 1.57 bits per heavy atom. The van der Waals surface area contributed by atoms with Gasteiger partial charge in [-0.1, -0.05) is 42.5 Å². The molecule has 0 N–H and O–H groups in total. The van der Waals surface area contributed by atoms with E-state index >= 15 is 0 Å². The molecule has 0 bridgehead atoms. The van der Waals surface area contributed by atoms with E-state index in [0.717, 1.165) is 5.69 Å². The van der Waals surface area contributed by atoms with Crippen LogP contribution in [0.15, 0.2) is 60.8 Å². The van der Waals surface area contributed by atoms with Gasteiger partial charge in [-0.15, -0.1) is 0 Å². The predicted molar refractivity (Wildman–Crippen MR) is 88.4 cm³/mol. The lowest BCUT2D eigenvalue weighted by molar-refractivity contribution is 1.23. The van der Waals surface area contributed by atoms with E-state index in [9.17, 15) is 0 Å². The van der Waals surface area contributed by atoms with E-state index in [1.807, 2.05) is 6.20 Å². The van der Waals surface area contributed by atoms with Crippen LogP contribution in [0.5, 0.6) is 0 Å². The molecule has 1 nitrogen and oxygen atoms in total. The minimum atomic E-state index is 1.07. The van der Waals surface area contributed by atoms with Crippen molar-refractivity contribution in [3.8, 4) is 22.3 Å². The zero-order chi connectivity index (χ0) is 14.0. The fraction of sp³-hybridized carbons (Fsp3) is 0.0500. The molecule has 0 fully saturated rings. The van der Waals surface area contributed by atoms with Gasteiger partial charge in [0.2, 0.25) is 0 Å². The number of benzene rings is 3. The Morgan fingerprint density at radius 1 is 0.762 bits per heavy atom. The fourth-order valence-electron chi connectivity index (χ4n) is 3.61. The standard InChI is InChI=1S/C20H13N/c1-12-9-18-14(11-21-12)10-13-5-4-8-16-15-6-2-3-7-17(15)20(18)19(13)16/h2-11H,1H3. The maximum Gasteiger partial charge on any atom is 0.0379 e. The summed E-state index contributed by atoms with van der Waals surface area (Å²) in [4.78, 5) is 4.46. The van der Waals surface area contributed by atoms with Gasteiger partial charge in [-0.05, 0) is 57.5 Å². The molecule has 1 aliphatic rings. The smallest absolute Gasteiger partial charge is 0.0379 e. The number of hydrogen-bond acceptors (Lipinski definition) is 1. The molecule has 0 radical (unpaired) electrons. The quantitative estimate of drug-likeness (QED) is 0.345. The van der Waals surface area contributed by atoms with Gasteiger partial charge >= 0.3 is 0 Å². The molecule has 1 heteroatoms. The Labute approximate surface area is 122 Å². The Kier molecular flexibility index (Phi) is 1.95. The van der Waals surface area contributed by atoms with Crippen LogP contribution < -0.4 is 0 Å². The summed E-state index contributed by atoms with van der Waals surface area (Å²) in [6.07, 6.45) is 1.99. The van der Waals surface area contributed by atoms with Crippen LogP contribution in [0.1, 0.15) is 5.69 Å². The van der Waals surface area contributed by atoms with Gasteiger partial charge < -0.3 is 0 Å². The first-order chi connectivity index (χ1) is 10.3. The van der Waals surface area contributed by atoms with Crippen LogP contribution in [0.4, 0.5) is 0 Å². The molecule has 5 rings (SSSR count). The average molecular weight is 267 g/mol. The zero-order valence-electron chi connectivity index (χ0n) is 11.7. The molecule has 0 spiro atoms. The summed E-state index contributed by atoms with van der Waals surface area (Å²) in [6.45, 7) is 2.06. The summed E-state index contributed by atoms with van der Waals surface area (Å²) in [5.41, 5.74) is 6.49. The average Bonchev–Trinajstić information content (AvgIpc) is 2.85. The van der Waals surface area contributed by atoms with Crippen molar-refractivity contribution < 1.29 is 0 Å². The van der Waals surface area contributed by atoms with Crippen LogP contribution in [0.2, 0.25) is 0 Å². The molecule has 1 aliphatic carbocycles. The predicted octanol–water partition coefficient (Wildman–Crippen LogP) is 5.34. The maximum atomic E-state index is 4.46. The largest absolute Gasteiger partial charge is 0.261 e. The Balaban J connectivity index is 2.13. The van der Waals surface area contributed by atoms with Crippen LogP contribution in [0, 0.1) is 6.92 Å². The number of fused-ring (bicyclic) bond motifs is 5. The molecule has 4 aromatic rings. The van der Waals surface area contributed by atoms with E-state index in [-0.39, 0.29) is 0 Å². The molecule has 0 unspecified atom stereocenters. The van der Waals surface area contributed by atoms with E-state index in [4.69, 9.17) is 0 Å². The van der Waals surface area contributed by atoms with Gasteiger partial charge in [-0.3, -0.25) is 4.98 Å². The van der Waals surface area contributed by atoms with Crippen molar-refractivity contribution >= 4 is 21.5 Å². The first-order valence-corrected chi connectivity index (χ1v) is 7.25. The van der Waals surface area contributed by atoms with Crippen LogP contribution in [-0.4, -0.2) is 4.98 Å². The van der Waals surface area contributed by atoms with Crippen molar-refractivity contribution in [3.05, 3.63) is 66.5 Å². The first-order valence-electron chi connectivity index (χ1n) is 7.25. The van der Waals surface area contributed by atoms with Crippen molar-refractivity contribution in [2.75, 3.05) is 0 Å². The number of hydrogen-bond donors (Lipinski definition) is 0. The molecule has 0 saturated heterocycles. The summed E-state index contributed by atoms with van der Waals surface area (Å²) in [6, 6.07) is 19.8. The topological polar surface area (TPSA) is 12.9 Å². The van der Waals surface area contributed by atoms with Crippen LogP contribution in [-0.2, 0) is 0 Å². The number of aromatic nitrogens is 1. The lowest BCUT2D eigenvalue weighted by Crippen LogP contribution is -1.85. The van der Waals surface area contributed by atoms with Crippen molar-refractivity contribution in [2.45, 2.75) is 6.92 Å². The van der Waals surface area contributed by atoms with Gasteiger partial charge in [0, 0.05) is 17.3 Å². The minimum Gasteiger partial charge on any atom is -0.261 e. The van der Waals surface area contributed by atoms with Gasteiger partial charge in [0.1, 0.15) is 0 Å². The molecular formula is C20H13N. The van der Waals surface area contributed by atoms with E-state index < -0.39 is 0 Å². The molecule has 0 amide bonds. The normalized spacial score (nSPS) is 12.0. The van der Waals surface area contributed by atoms with Crippen LogP contribution in [0.3, 0.4) is 0 Å². The van der Waals surface area contributed by atoms with Gasteiger partial charge in [-0.25, -0.2) is 0 Å². The van der Waals surface area contributed by atoms with Gasteiger partial charge in [0.25, 0.3) is 0 Å². The Morgan fingerprint density at radius 3 is 2.48 bits per heavy atom. The highest BCUT2D eigenvalue weighted by atomic mass is 14.7. The van der Waals surface area contributed by atoms with Crippen LogP contribution in [0.25, 0.3) is 43.8 Å². The van der Waals surface area contributed by atoms with Gasteiger partial charge in [0.05, 0.1) is 0 Å². The van der Waals surface area contributed by atoms with Crippen molar-refractivity contribution in [1.29, 1.82) is 0 Å². The van der Waals surface area contributed by atoms with Gasteiger partial charge in [0.15, 0.2) is 0 Å². The highest BCUT2D eigenvalue weighted by Gasteiger charge is 2.22. The maximum absolute atomic E-state index is 4.46.